The highest BCUT2D eigenvalue weighted by Gasteiger charge is 2.34. The lowest BCUT2D eigenvalue weighted by Gasteiger charge is -2.30. The van der Waals surface area contributed by atoms with Gasteiger partial charge in [0.2, 0.25) is 27.6 Å². The summed E-state index contributed by atoms with van der Waals surface area (Å²) in [4.78, 5) is 18.8. The van der Waals surface area contributed by atoms with Gasteiger partial charge in [-0.05, 0) is 62.9 Å². The van der Waals surface area contributed by atoms with Crippen LogP contribution in [-0.4, -0.2) is 41.9 Å². The van der Waals surface area contributed by atoms with E-state index in [4.69, 9.17) is 4.52 Å². The molecule has 0 saturated carbocycles. The average Bonchev–Trinajstić information content (AvgIpc) is 3.40. The van der Waals surface area contributed by atoms with Crippen molar-refractivity contribution in [3.63, 3.8) is 0 Å². The molecule has 1 N–H and O–H groups in total. The number of hydrogen-bond acceptors (Lipinski definition) is 7. The number of piperidine rings is 1. The molecular weight excluding hydrogens is 472 g/mol. The number of hydrogen-bond donors (Lipinski definition) is 1. The largest absolute Gasteiger partial charge is 0.339 e. The molecule has 0 bridgehead atoms. The Morgan fingerprint density at radius 1 is 1.12 bits per heavy atom. The fraction of sp³-hybridized carbons (Fsp3) is 0.458. The van der Waals surface area contributed by atoms with Crippen LogP contribution in [0.25, 0.3) is 10.7 Å². The van der Waals surface area contributed by atoms with E-state index in [-0.39, 0.29) is 22.6 Å². The Morgan fingerprint density at radius 3 is 2.35 bits per heavy atom. The highest BCUT2D eigenvalue weighted by molar-refractivity contribution is 7.89. The van der Waals surface area contributed by atoms with Crippen LogP contribution in [0.5, 0.6) is 0 Å². The predicted octanol–water partition coefficient (Wildman–Crippen LogP) is 4.89. The van der Waals surface area contributed by atoms with Crippen molar-refractivity contribution >= 4 is 33.0 Å². The standard InChI is InChI=1S/C24H30N4O4S2/c1-14(2)24-26-22(27-32-24)20-13-21(17(5)33-20)34(30,31)28-8-6-18(7-9-28)23(29)25-19-11-15(3)10-16(4)12-19/h10-14,18H,6-9H2,1-5H3,(H,25,29). The third-order valence-electron chi connectivity index (χ3n) is 5.96. The van der Waals surface area contributed by atoms with Gasteiger partial charge in [-0.25, -0.2) is 8.42 Å². The second-order valence-electron chi connectivity index (χ2n) is 9.19. The van der Waals surface area contributed by atoms with Gasteiger partial charge in [0.1, 0.15) is 0 Å². The van der Waals surface area contributed by atoms with Crippen LogP contribution in [0.3, 0.4) is 0 Å². The Balaban J connectivity index is 1.43. The maximum absolute atomic E-state index is 13.4. The Bertz CT molecular complexity index is 1280. The van der Waals surface area contributed by atoms with Crippen LogP contribution in [0, 0.1) is 26.7 Å². The molecule has 0 spiro atoms. The normalized spacial score (nSPS) is 15.7. The van der Waals surface area contributed by atoms with Gasteiger partial charge in [0.15, 0.2) is 0 Å². The summed E-state index contributed by atoms with van der Waals surface area (Å²) in [6.07, 6.45) is 0.961. The predicted molar refractivity (Wildman–Crippen MR) is 132 cm³/mol. The third-order valence-corrected chi connectivity index (χ3v) is 9.16. The van der Waals surface area contributed by atoms with Gasteiger partial charge in [0, 0.05) is 35.5 Å². The van der Waals surface area contributed by atoms with E-state index in [0.717, 1.165) is 16.8 Å². The summed E-state index contributed by atoms with van der Waals surface area (Å²) in [5.41, 5.74) is 2.95. The molecule has 34 heavy (non-hydrogen) atoms. The number of aryl methyl sites for hydroxylation is 3. The number of aromatic nitrogens is 2. The third kappa shape index (κ3) is 5.08. The van der Waals surface area contributed by atoms with E-state index in [2.05, 4.69) is 21.5 Å². The first-order valence-electron chi connectivity index (χ1n) is 11.4. The zero-order valence-electron chi connectivity index (χ0n) is 20.1. The number of thiophene rings is 1. The van der Waals surface area contributed by atoms with Gasteiger partial charge >= 0.3 is 0 Å². The van der Waals surface area contributed by atoms with E-state index in [9.17, 15) is 13.2 Å². The minimum absolute atomic E-state index is 0.0610. The van der Waals surface area contributed by atoms with Gasteiger partial charge in [-0.15, -0.1) is 11.3 Å². The molecule has 0 atom stereocenters. The van der Waals surface area contributed by atoms with Gasteiger partial charge in [-0.3, -0.25) is 4.79 Å². The number of sulfonamides is 1. The highest BCUT2D eigenvalue weighted by atomic mass is 32.2. The second-order valence-corrected chi connectivity index (χ2v) is 12.3. The van der Waals surface area contributed by atoms with Crippen molar-refractivity contribution in [3.8, 4) is 10.7 Å². The van der Waals surface area contributed by atoms with E-state index in [0.29, 0.717) is 47.4 Å². The first-order chi connectivity index (χ1) is 16.0. The fourth-order valence-electron chi connectivity index (χ4n) is 4.19. The maximum Gasteiger partial charge on any atom is 0.244 e. The molecule has 8 nitrogen and oxygen atoms in total. The number of nitrogens with zero attached hydrogens (tertiary/aromatic N) is 3. The Morgan fingerprint density at radius 2 is 1.76 bits per heavy atom. The minimum Gasteiger partial charge on any atom is -0.339 e. The second kappa shape index (κ2) is 9.59. The SMILES string of the molecule is Cc1cc(C)cc(NC(=O)C2CCN(S(=O)(=O)c3cc(-c4noc(C(C)C)n4)sc3C)CC2)c1. The van der Waals surface area contributed by atoms with Crippen molar-refractivity contribution in [1.29, 1.82) is 0 Å². The number of carbonyl (C=O) groups excluding carboxylic acids is 1. The van der Waals surface area contributed by atoms with Crippen molar-refractivity contribution in [3.05, 3.63) is 46.2 Å². The molecule has 1 saturated heterocycles. The quantitative estimate of drug-likeness (QED) is 0.515. The van der Waals surface area contributed by atoms with E-state index in [1.807, 2.05) is 39.8 Å². The minimum atomic E-state index is -3.68. The van der Waals surface area contributed by atoms with Crippen LogP contribution in [0.2, 0.25) is 0 Å². The van der Waals surface area contributed by atoms with Crippen LogP contribution < -0.4 is 5.32 Å². The van der Waals surface area contributed by atoms with Crippen molar-refractivity contribution in [2.45, 2.75) is 58.3 Å². The van der Waals surface area contributed by atoms with Crippen LogP contribution >= 0.6 is 11.3 Å². The van der Waals surface area contributed by atoms with Crippen molar-refractivity contribution in [2.24, 2.45) is 5.92 Å². The van der Waals surface area contributed by atoms with Crippen molar-refractivity contribution in [1.82, 2.24) is 14.4 Å². The smallest absolute Gasteiger partial charge is 0.244 e. The average molecular weight is 503 g/mol. The lowest BCUT2D eigenvalue weighted by Crippen LogP contribution is -2.41. The molecule has 1 aliphatic rings. The van der Waals surface area contributed by atoms with E-state index in [1.54, 1.807) is 13.0 Å². The molecule has 10 heteroatoms. The molecular formula is C24H30N4O4S2. The van der Waals surface area contributed by atoms with E-state index >= 15 is 0 Å². The molecule has 182 valence electrons. The van der Waals surface area contributed by atoms with Gasteiger partial charge in [-0.2, -0.15) is 9.29 Å². The lowest BCUT2D eigenvalue weighted by molar-refractivity contribution is -0.120. The van der Waals surface area contributed by atoms with E-state index in [1.165, 1.54) is 15.6 Å². The summed E-state index contributed by atoms with van der Waals surface area (Å²) in [6, 6.07) is 7.56. The number of amides is 1. The number of benzene rings is 1. The topological polar surface area (TPSA) is 105 Å². The van der Waals surface area contributed by atoms with E-state index < -0.39 is 10.0 Å². The molecule has 0 radical (unpaired) electrons. The monoisotopic (exact) mass is 502 g/mol. The molecule has 1 fully saturated rings. The number of anilines is 1. The maximum atomic E-state index is 13.4. The first kappa shape index (κ1) is 24.6. The molecule has 3 aromatic rings. The van der Waals surface area contributed by atoms with Crippen molar-refractivity contribution in [2.75, 3.05) is 18.4 Å². The molecule has 3 heterocycles. The fourth-order valence-corrected chi connectivity index (χ4v) is 7.15. The molecule has 1 aromatic carbocycles. The van der Waals surface area contributed by atoms with Crippen LogP contribution in [0.15, 0.2) is 33.7 Å². The first-order valence-corrected chi connectivity index (χ1v) is 13.6. The number of carbonyl (C=O) groups is 1. The van der Waals surface area contributed by atoms with Gasteiger partial charge in [-0.1, -0.05) is 25.1 Å². The number of rotatable bonds is 6. The van der Waals surface area contributed by atoms with Gasteiger partial charge in [0.25, 0.3) is 0 Å². The summed E-state index contributed by atoms with van der Waals surface area (Å²) >= 11 is 1.34. The molecule has 2 aromatic heterocycles. The molecule has 0 aliphatic carbocycles. The summed E-state index contributed by atoms with van der Waals surface area (Å²) in [6.45, 7) is 10.3. The van der Waals surface area contributed by atoms with Gasteiger partial charge in [0.05, 0.1) is 9.77 Å². The highest BCUT2D eigenvalue weighted by Crippen LogP contribution is 2.35. The molecule has 1 amide bonds. The summed E-state index contributed by atoms with van der Waals surface area (Å²) in [7, 11) is -3.68. The Labute approximate surface area is 204 Å². The number of nitrogens with one attached hydrogen (secondary N) is 1. The van der Waals surface area contributed by atoms with Crippen LogP contribution in [0.1, 0.15) is 54.5 Å². The molecule has 0 unspecified atom stereocenters. The van der Waals surface area contributed by atoms with Crippen LogP contribution in [0.4, 0.5) is 5.69 Å². The molecule has 1 aliphatic heterocycles. The summed E-state index contributed by atoms with van der Waals surface area (Å²) in [5.74, 6) is 0.736. The van der Waals surface area contributed by atoms with Gasteiger partial charge < -0.3 is 9.84 Å². The Hall–Kier alpha value is -2.56. The van der Waals surface area contributed by atoms with Crippen LogP contribution in [-0.2, 0) is 14.8 Å². The lowest BCUT2D eigenvalue weighted by atomic mass is 9.97. The van der Waals surface area contributed by atoms with Crippen molar-refractivity contribution < 1.29 is 17.7 Å². The zero-order valence-corrected chi connectivity index (χ0v) is 21.7. The summed E-state index contributed by atoms with van der Waals surface area (Å²) in [5, 5.41) is 6.99. The molecule has 4 rings (SSSR count). The Kier molecular flexibility index (Phi) is 6.93. The zero-order chi connectivity index (χ0) is 24.6. The summed E-state index contributed by atoms with van der Waals surface area (Å²) < 4.78 is 33.5.